The third-order valence-electron chi connectivity index (χ3n) is 8.00. The third kappa shape index (κ3) is 4.49. The minimum Gasteiger partial charge on any atom is -0.381 e. The van der Waals surface area contributed by atoms with E-state index in [4.69, 9.17) is 9.47 Å². The molecule has 0 spiro atoms. The number of nitriles is 1. The van der Waals surface area contributed by atoms with E-state index in [1.165, 1.54) is 23.3 Å². The molecule has 3 aromatic rings. The highest BCUT2D eigenvalue weighted by molar-refractivity contribution is 7.14. The summed E-state index contributed by atoms with van der Waals surface area (Å²) in [5.74, 6) is -0.126. The molecule has 2 aromatic carbocycles. The first-order valence-electron chi connectivity index (χ1n) is 12.7. The predicted molar refractivity (Wildman–Crippen MR) is 143 cm³/mol. The molecular weight excluding hydrogens is 500 g/mol. The van der Waals surface area contributed by atoms with E-state index in [0.717, 1.165) is 42.0 Å². The molecular formula is C29H28N4O4S. The van der Waals surface area contributed by atoms with Crippen molar-refractivity contribution in [3.63, 3.8) is 0 Å². The molecule has 1 saturated heterocycles. The summed E-state index contributed by atoms with van der Waals surface area (Å²) in [6.45, 7) is 3.95. The van der Waals surface area contributed by atoms with Crippen LogP contribution in [0, 0.1) is 17.2 Å². The van der Waals surface area contributed by atoms with Gasteiger partial charge in [-0.25, -0.2) is 4.98 Å². The van der Waals surface area contributed by atoms with E-state index < -0.39 is 5.41 Å². The molecule has 0 bridgehead atoms. The van der Waals surface area contributed by atoms with Gasteiger partial charge in [0.15, 0.2) is 5.13 Å². The molecule has 2 N–H and O–H groups in total. The highest BCUT2D eigenvalue weighted by Gasteiger charge is 2.56. The Morgan fingerprint density at radius 2 is 2.13 bits per heavy atom. The summed E-state index contributed by atoms with van der Waals surface area (Å²) in [4.78, 5) is 29.9. The molecule has 3 aliphatic rings. The number of rotatable bonds is 6. The number of carbonyl (C=O) groups excluding carboxylic acids is 2. The van der Waals surface area contributed by atoms with Gasteiger partial charge in [-0.15, -0.1) is 11.3 Å². The minimum absolute atomic E-state index is 0.190. The van der Waals surface area contributed by atoms with Crippen LogP contribution in [-0.2, 0) is 31.7 Å². The topological polar surface area (TPSA) is 113 Å². The maximum Gasteiger partial charge on any atom is 0.251 e. The van der Waals surface area contributed by atoms with Gasteiger partial charge in [0.25, 0.3) is 5.91 Å². The number of anilines is 1. The molecule has 3 atom stereocenters. The first kappa shape index (κ1) is 24.7. The zero-order chi connectivity index (χ0) is 26.3. The van der Waals surface area contributed by atoms with E-state index >= 15 is 0 Å². The summed E-state index contributed by atoms with van der Waals surface area (Å²) in [6.07, 6.45) is 2.24. The molecule has 8 nitrogen and oxygen atoms in total. The quantitative estimate of drug-likeness (QED) is 0.497. The van der Waals surface area contributed by atoms with Crippen molar-refractivity contribution in [3.8, 4) is 17.3 Å². The zero-order valence-electron chi connectivity index (χ0n) is 21.1. The molecule has 1 saturated carbocycles. The van der Waals surface area contributed by atoms with Gasteiger partial charge < -0.3 is 20.1 Å². The van der Waals surface area contributed by atoms with Crippen molar-refractivity contribution >= 4 is 28.3 Å². The number of thiazole rings is 1. The lowest BCUT2D eigenvalue weighted by molar-refractivity contribution is -0.115. The van der Waals surface area contributed by atoms with Gasteiger partial charge in [0.2, 0.25) is 5.91 Å². The van der Waals surface area contributed by atoms with Crippen LogP contribution in [-0.4, -0.2) is 43.2 Å². The lowest BCUT2D eigenvalue weighted by Crippen LogP contribution is -2.34. The molecule has 2 fully saturated rings. The number of nitrogens with one attached hydrogen (secondary N) is 2. The van der Waals surface area contributed by atoms with Crippen molar-refractivity contribution in [2.75, 3.05) is 31.7 Å². The molecule has 194 valence electrons. The van der Waals surface area contributed by atoms with Crippen LogP contribution in [0.25, 0.3) is 11.3 Å². The van der Waals surface area contributed by atoms with Crippen molar-refractivity contribution in [1.82, 2.24) is 10.3 Å². The van der Waals surface area contributed by atoms with Crippen LogP contribution in [0.15, 0.2) is 47.8 Å². The summed E-state index contributed by atoms with van der Waals surface area (Å²) in [5, 5.41) is 17.5. The van der Waals surface area contributed by atoms with Crippen LogP contribution in [0.3, 0.4) is 0 Å². The van der Waals surface area contributed by atoms with Gasteiger partial charge in [-0.2, -0.15) is 5.26 Å². The number of aromatic nitrogens is 1. The van der Waals surface area contributed by atoms with E-state index in [0.29, 0.717) is 23.2 Å². The summed E-state index contributed by atoms with van der Waals surface area (Å²) in [7, 11) is 0. The van der Waals surface area contributed by atoms with Crippen molar-refractivity contribution in [2.24, 2.45) is 5.92 Å². The van der Waals surface area contributed by atoms with Crippen molar-refractivity contribution in [2.45, 2.75) is 37.2 Å². The average Bonchev–Trinajstić information content (AvgIpc) is 3.54. The normalized spacial score (nSPS) is 25.4. The van der Waals surface area contributed by atoms with E-state index in [-0.39, 0.29) is 30.4 Å². The van der Waals surface area contributed by atoms with Crippen LogP contribution < -0.4 is 10.6 Å². The number of hydrogen-bond donors (Lipinski definition) is 2. The Morgan fingerprint density at radius 1 is 1.24 bits per heavy atom. The zero-order valence-corrected chi connectivity index (χ0v) is 21.9. The molecule has 38 heavy (non-hydrogen) atoms. The fourth-order valence-electron chi connectivity index (χ4n) is 5.65. The number of fused-ring (bicyclic) bond motifs is 2. The number of ether oxygens (including phenoxy) is 2. The predicted octanol–water partition coefficient (Wildman–Crippen LogP) is 4.17. The van der Waals surface area contributed by atoms with Crippen LogP contribution in [0.4, 0.5) is 5.13 Å². The summed E-state index contributed by atoms with van der Waals surface area (Å²) < 4.78 is 11.1. The van der Waals surface area contributed by atoms with E-state index in [1.807, 2.05) is 11.4 Å². The van der Waals surface area contributed by atoms with Crippen LogP contribution in [0.5, 0.6) is 0 Å². The Labute approximate surface area is 225 Å². The van der Waals surface area contributed by atoms with Gasteiger partial charge in [-0.05, 0) is 60.6 Å². The van der Waals surface area contributed by atoms with Crippen LogP contribution in [0.1, 0.15) is 46.8 Å². The second-order valence-corrected chi connectivity index (χ2v) is 11.4. The summed E-state index contributed by atoms with van der Waals surface area (Å²) >= 11 is 1.35. The third-order valence-corrected chi connectivity index (χ3v) is 8.76. The molecule has 1 aliphatic carbocycles. The minimum atomic E-state index is -0.811. The monoisotopic (exact) mass is 528 g/mol. The smallest absolute Gasteiger partial charge is 0.251 e. The molecule has 6 rings (SSSR count). The first-order chi connectivity index (χ1) is 18.4. The lowest BCUT2D eigenvalue weighted by atomic mass is 9.79. The molecule has 1 aromatic heterocycles. The second-order valence-electron chi connectivity index (χ2n) is 10.5. The van der Waals surface area contributed by atoms with E-state index in [2.05, 4.69) is 39.9 Å². The number of amides is 2. The largest absolute Gasteiger partial charge is 0.381 e. The molecule has 3 heterocycles. The maximum atomic E-state index is 12.7. The first-order valence-corrected chi connectivity index (χ1v) is 13.6. The van der Waals surface area contributed by atoms with E-state index in [9.17, 15) is 14.9 Å². The van der Waals surface area contributed by atoms with Gasteiger partial charge in [0, 0.05) is 28.5 Å². The number of benzene rings is 2. The number of carbonyl (C=O) groups is 2. The summed E-state index contributed by atoms with van der Waals surface area (Å²) in [5.41, 5.74) is 4.71. The average molecular weight is 529 g/mol. The fraction of sp³-hybridized carbons (Fsp3) is 0.379. The number of nitrogens with zero attached hydrogens (tertiary/aromatic N) is 2. The van der Waals surface area contributed by atoms with Gasteiger partial charge in [-0.3, -0.25) is 9.59 Å². The second kappa shape index (κ2) is 9.62. The Morgan fingerprint density at radius 3 is 2.97 bits per heavy atom. The molecule has 2 aliphatic heterocycles. The van der Waals surface area contributed by atoms with Crippen LogP contribution in [0.2, 0.25) is 0 Å². The Kier molecular flexibility index (Phi) is 6.26. The molecule has 0 radical (unpaired) electrons. The number of hydrogen-bond acceptors (Lipinski definition) is 7. The van der Waals surface area contributed by atoms with Crippen LogP contribution >= 0.6 is 11.3 Å². The molecule has 2 amide bonds. The Hall–Kier alpha value is -3.58. The molecule has 2 unspecified atom stereocenters. The van der Waals surface area contributed by atoms with Crippen molar-refractivity contribution in [3.05, 3.63) is 70.1 Å². The molecule has 9 heteroatoms. The van der Waals surface area contributed by atoms with Crippen molar-refractivity contribution < 1.29 is 19.1 Å². The highest BCUT2D eigenvalue weighted by atomic mass is 32.1. The van der Waals surface area contributed by atoms with Gasteiger partial charge in [0.05, 0.1) is 38.1 Å². The standard InChI is InChI=1S/C29H28N4O4S/c1-28(16-30)17-37-13-20-6-5-19(10-23(20)28)26(35)31-12-25(34)33-27-32-24(15-38-27)18-3-2-4-21(9-18)29-7-8-36-14-22(29)11-29/h2-6,9-10,15,22H,7-8,11-14,17H2,1H3,(H,31,35)(H,32,33,34)/t22?,28-,29?/m1/s1. The van der Waals surface area contributed by atoms with Gasteiger partial charge in [-0.1, -0.05) is 24.3 Å². The highest BCUT2D eigenvalue weighted by Crippen LogP contribution is 2.59. The van der Waals surface area contributed by atoms with Gasteiger partial charge >= 0.3 is 0 Å². The fourth-order valence-corrected chi connectivity index (χ4v) is 6.39. The maximum absolute atomic E-state index is 12.7. The van der Waals surface area contributed by atoms with Gasteiger partial charge in [0.1, 0.15) is 5.41 Å². The summed E-state index contributed by atoms with van der Waals surface area (Å²) in [6, 6.07) is 16.0. The Bertz CT molecular complexity index is 1460. The van der Waals surface area contributed by atoms with Crippen molar-refractivity contribution in [1.29, 1.82) is 5.26 Å². The SMILES string of the molecule is C[C@@]1(C#N)COCc2ccc(C(=O)NCC(=O)Nc3nc(-c4cccc(C56CCOCC5C6)c4)cs3)cc21. The lowest BCUT2D eigenvalue weighted by Gasteiger charge is -2.30. The van der Waals surface area contributed by atoms with E-state index in [1.54, 1.807) is 25.1 Å². The Balaban J connectivity index is 1.07.